The van der Waals surface area contributed by atoms with Gasteiger partial charge in [-0.05, 0) is 52.4 Å². The van der Waals surface area contributed by atoms with E-state index in [4.69, 9.17) is 4.74 Å². The maximum absolute atomic E-state index is 12.6. The molecule has 2 rings (SSSR count). The first-order chi connectivity index (χ1) is 11.8. The van der Waals surface area contributed by atoms with E-state index < -0.39 is 0 Å². The lowest BCUT2D eigenvalue weighted by Crippen LogP contribution is -2.55. The highest BCUT2D eigenvalue weighted by Crippen LogP contribution is 2.22. The number of nitrogens with zero attached hydrogens (tertiary/aromatic N) is 2. The van der Waals surface area contributed by atoms with Crippen LogP contribution in [0.15, 0.2) is 24.3 Å². The van der Waals surface area contributed by atoms with Crippen LogP contribution >= 0.6 is 0 Å². The third-order valence-corrected chi connectivity index (χ3v) is 5.29. The van der Waals surface area contributed by atoms with E-state index in [0.29, 0.717) is 24.8 Å². The Morgan fingerprint density at radius 2 is 1.92 bits per heavy atom. The highest BCUT2D eigenvalue weighted by atomic mass is 16.5. The second-order valence-corrected chi connectivity index (χ2v) is 7.77. The molecule has 0 radical (unpaired) electrons. The molecule has 0 atom stereocenters. The van der Waals surface area contributed by atoms with Crippen LogP contribution in [-0.4, -0.2) is 68.1 Å². The fraction of sp³-hybridized carbons (Fsp3) is 0.650. The average molecular weight is 348 g/mol. The van der Waals surface area contributed by atoms with Crippen molar-refractivity contribution in [2.75, 3.05) is 40.8 Å². The Morgan fingerprint density at radius 1 is 1.28 bits per heavy atom. The van der Waals surface area contributed by atoms with Crippen LogP contribution < -0.4 is 5.32 Å². The fourth-order valence-electron chi connectivity index (χ4n) is 3.51. The topological polar surface area (TPSA) is 44.8 Å². The highest BCUT2D eigenvalue weighted by Gasteiger charge is 2.31. The molecule has 0 saturated carbocycles. The van der Waals surface area contributed by atoms with Crippen LogP contribution in [0.2, 0.25) is 0 Å². The summed E-state index contributed by atoms with van der Waals surface area (Å²) in [4.78, 5) is 17.4. The van der Waals surface area contributed by atoms with Crippen molar-refractivity contribution >= 4 is 5.91 Å². The highest BCUT2D eigenvalue weighted by molar-refractivity contribution is 5.95. The minimum absolute atomic E-state index is 0.0242. The van der Waals surface area contributed by atoms with Crippen LogP contribution in [0, 0.1) is 0 Å². The molecule has 1 N–H and O–H groups in total. The monoisotopic (exact) mass is 347 g/mol. The number of piperidine rings is 1. The molecule has 0 aliphatic carbocycles. The molecule has 0 unspecified atom stereocenters. The number of carbonyl (C=O) groups excluding carboxylic acids is 1. The molecule has 0 aromatic heterocycles. The number of methoxy groups -OCH3 is 1. The first-order valence-corrected chi connectivity index (χ1v) is 9.11. The molecule has 1 aromatic carbocycles. The molecule has 1 aliphatic rings. The zero-order valence-corrected chi connectivity index (χ0v) is 16.3. The van der Waals surface area contributed by atoms with Crippen LogP contribution in [0.4, 0.5) is 0 Å². The van der Waals surface area contributed by atoms with E-state index >= 15 is 0 Å². The number of rotatable bonds is 7. The summed E-state index contributed by atoms with van der Waals surface area (Å²) in [5.41, 5.74) is 1.57. The maximum atomic E-state index is 12.6. The Morgan fingerprint density at radius 3 is 2.52 bits per heavy atom. The Balaban J connectivity index is 1.92. The van der Waals surface area contributed by atoms with Crippen molar-refractivity contribution in [1.29, 1.82) is 0 Å². The van der Waals surface area contributed by atoms with E-state index in [2.05, 4.69) is 43.1 Å². The van der Waals surface area contributed by atoms with Crippen molar-refractivity contribution in [2.45, 2.75) is 44.9 Å². The predicted octanol–water partition coefficient (Wildman–Crippen LogP) is 2.37. The summed E-state index contributed by atoms with van der Waals surface area (Å²) >= 11 is 0. The molecule has 140 valence electrons. The molecule has 25 heavy (non-hydrogen) atoms. The molecule has 5 heteroatoms. The van der Waals surface area contributed by atoms with Crippen molar-refractivity contribution in [3.63, 3.8) is 0 Å². The standard InChI is InChI=1S/C20H33N3O2/c1-20(2,23-12-10-17(11-13-23)22(3)4)15-21-19(24)18-9-7-6-8-16(18)14-25-5/h6-9,17H,10-15H2,1-5H3,(H,21,24). The Hall–Kier alpha value is -1.43. The summed E-state index contributed by atoms with van der Waals surface area (Å²) in [6.07, 6.45) is 2.36. The van der Waals surface area contributed by atoms with E-state index in [-0.39, 0.29) is 11.4 Å². The number of ether oxygens (including phenoxy) is 1. The fourth-order valence-corrected chi connectivity index (χ4v) is 3.51. The number of carbonyl (C=O) groups is 1. The van der Waals surface area contributed by atoms with Gasteiger partial charge in [-0.1, -0.05) is 18.2 Å². The quantitative estimate of drug-likeness (QED) is 0.822. The van der Waals surface area contributed by atoms with Crippen molar-refractivity contribution in [1.82, 2.24) is 15.1 Å². The summed E-state index contributed by atoms with van der Waals surface area (Å²) in [5, 5.41) is 3.12. The van der Waals surface area contributed by atoms with Gasteiger partial charge in [0.05, 0.1) is 6.61 Å². The van der Waals surface area contributed by atoms with Gasteiger partial charge in [0.25, 0.3) is 5.91 Å². The van der Waals surface area contributed by atoms with Gasteiger partial charge >= 0.3 is 0 Å². The Kier molecular flexibility index (Phi) is 6.99. The lowest BCUT2D eigenvalue weighted by atomic mass is 9.95. The molecule has 1 fully saturated rings. The minimum Gasteiger partial charge on any atom is -0.380 e. The zero-order valence-electron chi connectivity index (χ0n) is 16.3. The SMILES string of the molecule is COCc1ccccc1C(=O)NCC(C)(C)N1CCC(N(C)C)CC1. The van der Waals surface area contributed by atoms with E-state index in [1.807, 2.05) is 24.3 Å². The molecule has 1 aliphatic heterocycles. The van der Waals surface area contributed by atoms with E-state index in [1.165, 1.54) is 12.8 Å². The molecule has 0 bridgehead atoms. The van der Waals surface area contributed by atoms with Gasteiger partial charge in [0, 0.05) is 43.9 Å². The number of likely N-dealkylation sites (tertiary alicyclic amines) is 1. The van der Waals surface area contributed by atoms with E-state index in [9.17, 15) is 4.79 Å². The zero-order chi connectivity index (χ0) is 18.4. The van der Waals surface area contributed by atoms with Crippen molar-refractivity contribution in [2.24, 2.45) is 0 Å². The normalized spacial score (nSPS) is 17.0. The number of benzene rings is 1. The van der Waals surface area contributed by atoms with E-state index in [0.717, 1.165) is 18.7 Å². The predicted molar refractivity (Wildman–Crippen MR) is 102 cm³/mol. The van der Waals surface area contributed by atoms with Crippen LogP contribution in [0.25, 0.3) is 0 Å². The lowest BCUT2D eigenvalue weighted by molar-refractivity contribution is 0.0587. The van der Waals surface area contributed by atoms with Crippen LogP contribution in [-0.2, 0) is 11.3 Å². The van der Waals surface area contributed by atoms with Gasteiger partial charge in [0.2, 0.25) is 0 Å². The van der Waals surface area contributed by atoms with Gasteiger partial charge in [-0.15, -0.1) is 0 Å². The number of hydrogen-bond acceptors (Lipinski definition) is 4. The summed E-state index contributed by atoms with van der Waals surface area (Å²) in [7, 11) is 5.96. The second-order valence-electron chi connectivity index (χ2n) is 7.77. The third kappa shape index (κ3) is 5.27. The molecule has 1 saturated heterocycles. The minimum atomic E-state index is -0.0524. The Bertz CT molecular complexity index is 564. The van der Waals surface area contributed by atoms with E-state index in [1.54, 1.807) is 7.11 Å². The van der Waals surface area contributed by atoms with Gasteiger partial charge in [-0.3, -0.25) is 9.69 Å². The first-order valence-electron chi connectivity index (χ1n) is 9.11. The largest absolute Gasteiger partial charge is 0.380 e. The smallest absolute Gasteiger partial charge is 0.251 e. The lowest BCUT2D eigenvalue weighted by Gasteiger charge is -2.44. The molecule has 1 amide bonds. The molecule has 0 spiro atoms. The second kappa shape index (κ2) is 8.79. The first kappa shape index (κ1) is 19.9. The summed E-state index contributed by atoms with van der Waals surface area (Å²) in [6, 6.07) is 8.30. The van der Waals surface area contributed by atoms with Gasteiger partial charge < -0.3 is 15.0 Å². The molecule has 1 aromatic rings. The van der Waals surface area contributed by atoms with Gasteiger partial charge in [0.15, 0.2) is 0 Å². The third-order valence-electron chi connectivity index (χ3n) is 5.29. The molecular formula is C20H33N3O2. The number of hydrogen-bond donors (Lipinski definition) is 1. The van der Waals surface area contributed by atoms with Crippen molar-refractivity contribution in [3.8, 4) is 0 Å². The molecule has 5 nitrogen and oxygen atoms in total. The molecular weight excluding hydrogens is 314 g/mol. The van der Waals surface area contributed by atoms with Crippen LogP contribution in [0.3, 0.4) is 0 Å². The molecule has 1 heterocycles. The van der Waals surface area contributed by atoms with Crippen molar-refractivity contribution < 1.29 is 9.53 Å². The van der Waals surface area contributed by atoms with Crippen LogP contribution in [0.1, 0.15) is 42.6 Å². The van der Waals surface area contributed by atoms with Gasteiger partial charge in [-0.2, -0.15) is 0 Å². The van der Waals surface area contributed by atoms with Crippen molar-refractivity contribution in [3.05, 3.63) is 35.4 Å². The average Bonchev–Trinajstić information content (AvgIpc) is 2.60. The summed E-state index contributed by atoms with van der Waals surface area (Å²) in [5.74, 6) is -0.0242. The summed E-state index contributed by atoms with van der Waals surface area (Å²) in [6.45, 7) is 7.66. The number of amides is 1. The summed E-state index contributed by atoms with van der Waals surface area (Å²) < 4.78 is 5.20. The Labute approximate surface area is 152 Å². The maximum Gasteiger partial charge on any atom is 0.251 e. The number of nitrogens with one attached hydrogen (secondary N) is 1. The van der Waals surface area contributed by atoms with Gasteiger partial charge in [0.1, 0.15) is 0 Å². The van der Waals surface area contributed by atoms with Gasteiger partial charge in [-0.25, -0.2) is 0 Å². The van der Waals surface area contributed by atoms with Crippen LogP contribution in [0.5, 0.6) is 0 Å².